The molecule has 4 nitrogen and oxygen atoms in total. The zero-order valence-electron chi connectivity index (χ0n) is 13.8. The average molecular weight is 339 g/mol. The van der Waals surface area contributed by atoms with Crippen molar-refractivity contribution in [2.75, 3.05) is 26.2 Å². The molecule has 0 saturated carbocycles. The smallest absolute Gasteiger partial charge is 0.230 e. The third-order valence-corrected chi connectivity index (χ3v) is 5.62. The van der Waals surface area contributed by atoms with Gasteiger partial charge < -0.3 is 4.90 Å². The molecular weight excluding hydrogens is 318 g/mol. The lowest BCUT2D eigenvalue weighted by Crippen LogP contribution is -2.50. The monoisotopic (exact) mass is 339 g/mol. The van der Waals surface area contributed by atoms with Crippen molar-refractivity contribution >= 4 is 17.2 Å². The molecule has 5 heteroatoms. The van der Waals surface area contributed by atoms with Crippen LogP contribution in [0.2, 0.25) is 0 Å². The summed E-state index contributed by atoms with van der Waals surface area (Å²) in [6.07, 6.45) is 0. The van der Waals surface area contributed by atoms with Crippen LogP contribution in [-0.4, -0.2) is 41.9 Å². The number of nitrogens with zero attached hydrogens (tertiary/aromatic N) is 3. The third kappa shape index (κ3) is 3.50. The van der Waals surface area contributed by atoms with E-state index < -0.39 is 0 Å². The Balaban J connectivity index is 1.61. The predicted octanol–water partition coefficient (Wildman–Crippen LogP) is 3.26. The van der Waals surface area contributed by atoms with E-state index >= 15 is 0 Å². The summed E-state index contributed by atoms with van der Waals surface area (Å²) in [4.78, 5) is 17.9. The number of carbonyl (C=O) groups excluding carboxylic acids is 1. The standard InChI is InChI=1S/C19H21N3OS/c1-15(18-8-5-13-24-18)19(23)22-11-9-21(10-12-22)17(14-20)16-6-3-2-4-7-16/h2-8,13,15,17H,9-12H2,1H3/t15-,17-/m0/s1. The molecule has 2 heterocycles. The minimum atomic E-state index is -0.238. The molecule has 0 unspecified atom stereocenters. The summed E-state index contributed by atoms with van der Waals surface area (Å²) in [6, 6.07) is 16.0. The van der Waals surface area contributed by atoms with Crippen LogP contribution in [0.1, 0.15) is 29.3 Å². The average Bonchev–Trinajstić information content (AvgIpc) is 3.17. The van der Waals surface area contributed by atoms with Gasteiger partial charge in [0.25, 0.3) is 0 Å². The predicted molar refractivity (Wildman–Crippen MR) is 95.7 cm³/mol. The highest BCUT2D eigenvalue weighted by Crippen LogP contribution is 2.25. The van der Waals surface area contributed by atoms with E-state index in [1.165, 1.54) is 0 Å². The number of nitriles is 1. The Morgan fingerprint density at radius 3 is 2.42 bits per heavy atom. The van der Waals surface area contributed by atoms with Crippen LogP contribution < -0.4 is 0 Å². The Morgan fingerprint density at radius 2 is 1.83 bits per heavy atom. The maximum Gasteiger partial charge on any atom is 0.230 e. The molecule has 1 aliphatic heterocycles. The van der Waals surface area contributed by atoms with Crippen molar-refractivity contribution in [3.05, 3.63) is 58.3 Å². The second kappa shape index (κ2) is 7.61. The van der Waals surface area contributed by atoms with E-state index in [0.717, 1.165) is 23.5 Å². The number of carbonyl (C=O) groups is 1. The summed E-state index contributed by atoms with van der Waals surface area (Å²) in [5.41, 5.74) is 1.02. The fraction of sp³-hybridized carbons (Fsp3) is 0.368. The third-order valence-electron chi connectivity index (χ3n) is 4.57. The Kier molecular flexibility index (Phi) is 5.29. The lowest BCUT2D eigenvalue weighted by atomic mass is 10.0. The molecule has 2 atom stereocenters. The van der Waals surface area contributed by atoms with E-state index in [9.17, 15) is 10.1 Å². The molecule has 0 bridgehead atoms. The molecule has 1 aromatic heterocycles. The molecule has 24 heavy (non-hydrogen) atoms. The van der Waals surface area contributed by atoms with Crippen LogP contribution in [0, 0.1) is 11.3 Å². The van der Waals surface area contributed by atoms with Crippen LogP contribution in [0.4, 0.5) is 0 Å². The van der Waals surface area contributed by atoms with E-state index in [0.29, 0.717) is 13.1 Å². The zero-order chi connectivity index (χ0) is 16.9. The highest BCUT2D eigenvalue weighted by Gasteiger charge is 2.29. The van der Waals surface area contributed by atoms with E-state index in [1.807, 2.05) is 59.7 Å². The van der Waals surface area contributed by atoms with Crippen molar-refractivity contribution in [3.8, 4) is 6.07 Å². The van der Waals surface area contributed by atoms with E-state index in [1.54, 1.807) is 11.3 Å². The van der Waals surface area contributed by atoms with Crippen molar-refractivity contribution in [1.82, 2.24) is 9.80 Å². The molecule has 0 spiro atoms. The van der Waals surface area contributed by atoms with Gasteiger partial charge in [-0.2, -0.15) is 5.26 Å². The summed E-state index contributed by atoms with van der Waals surface area (Å²) < 4.78 is 0. The summed E-state index contributed by atoms with van der Waals surface area (Å²) in [5.74, 6) is 0.0998. The molecular formula is C19H21N3OS. The van der Waals surface area contributed by atoms with Gasteiger partial charge in [-0.15, -0.1) is 11.3 Å². The Morgan fingerprint density at radius 1 is 1.12 bits per heavy atom. The van der Waals surface area contributed by atoms with E-state index in [-0.39, 0.29) is 17.9 Å². The minimum Gasteiger partial charge on any atom is -0.340 e. The number of hydrogen-bond donors (Lipinski definition) is 0. The van der Waals surface area contributed by atoms with Gasteiger partial charge in [0.05, 0.1) is 12.0 Å². The number of benzene rings is 1. The number of amides is 1. The Hall–Kier alpha value is -2.16. The molecule has 1 amide bonds. The Labute approximate surface area is 146 Å². The molecule has 0 N–H and O–H groups in total. The summed E-state index contributed by atoms with van der Waals surface area (Å²) in [6.45, 7) is 4.80. The first-order valence-corrected chi connectivity index (χ1v) is 9.09. The normalized spacial score (nSPS) is 17.9. The summed E-state index contributed by atoms with van der Waals surface area (Å²) in [5, 5.41) is 11.6. The second-order valence-electron chi connectivity index (χ2n) is 6.04. The molecule has 124 valence electrons. The molecule has 3 rings (SSSR count). The topological polar surface area (TPSA) is 47.3 Å². The lowest BCUT2D eigenvalue weighted by molar-refractivity contribution is -0.134. The van der Waals surface area contributed by atoms with Crippen LogP contribution in [0.5, 0.6) is 0 Å². The van der Waals surface area contributed by atoms with Crippen LogP contribution >= 0.6 is 11.3 Å². The number of hydrogen-bond acceptors (Lipinski definition) is 4. The Bertz CT molecular complexity index is 700. The molecule has 2 aromatic rings. The van der Waals surface area contributed by atoms with Gasteiger partial charge in [0.15, 0.2) is 0 Å². The van der Waals surface area contributed by atoms with E-state index in [2.05, 4.69) is 11.0 Å². The molecule has 1 fully saturated rings. The second-order valence-corrected chi connectivity index (χ2v) is 7.02. The van der Waals surface area contributed by atoms with Crippen LogP contribution in [0.25, 0.3) is 0 Å². The van der Waals surface area contributed by atoms with Crippen LogP contribution in [0.3, 0.4) is 0 Å². The quantitative estimate of drug-likeness (QED) is 0.859. The van der Waals surface area contributed by atoms with Crippen molar-refractivity contribution in [2.24, 2.45) is 0 Å². The van der Waals surface area contributed by atoms with E-state index in [4.69, 9.17) is 0 Å². The molecule has 1 aliphatic rings. The first kappa shape index (κ1) is 16.7. The maximum absolute atomic E-state index is 12.7. The summed E-state index contributed by atoms with van der Waals surface area (Å²) >= 11 is 1.63. The van der Waals surface area contributed by atoms with Gasteiger partial charge in [0.1, 0.15) is 6.04 Å². The van der Waals surface area contributed by atoms with Gasteiger partial charge in [0.2, 0.25) is 5.91 Å². The minimum absolute atomic E-state index is 0.0857. The first-order chi connectivity index (χ1) is 11.7. The summed E-state index contributed by atoms with van der Waals surface area (Å²) in [7, 11) is 0. The highest BCUT2D eigenvalue weighted by molar-refractivity contribution is 7.10. The fourth-order valence-corrected chi connectivity index (χ4v) is 3.91. The highest BCUT2D eigenvalue weighted by atomic mass is 32.1. The van der Waals surface area contributed by atoms with Gasteiger partial charge in [-0.25, -0.2) is 0 Å². The van der Waals surface area contributed by atoms with Crippen LogP contribution in [0.15, 0.2) is 47.8 Å². The zero-order valence-corrected chi connectivity index (χ0v) is 14.6. The lowest BCUT2D eigenvalue weighted by Gasteiger charge is -2.37. The van der Waals surface area contributed by atoms with Crippen molar-refractivity contribution in [2.45, 2.75) is 18.9 Å². The number of piperazine rings is 1. The number of rotatable bonds is 4. The molecule has 1 aromatic carbocycles. The fourth-order valence-electron chi connectivity index (χ4n) is 3.14. The van der Waals surface area contributed by atoms with Gasteiger partial charge in [0, 0.05) is 31.1 Å². The molecule has 0 aliphatic carbocycles. The largest absolute Gasteiger partial charge is 0.340 e. The van der Waals surface area contributed by atoms with Gasteiger partial charge in [-0.3, -0.25) is 9.69 Å². The number of thiophene rings is 1. The van der Waals surface area contributed by atoms with Crippen molar-refractivity contribution in [3.63, 3.8) is 0 Å². The molecule has 1 saturated heterocycles. The van der Waals surface area contributed by atoms with Crippen molar-refractivity contribution < 1.29 is 4.79 Å². The van der Waals surface area contributed by atoms with Crippen molar-refractivity contribution in [1.29, 1.82) is 5.26 Å². The molecule has 0 radical (unpaired) electrons. The van der Waals surface area contributed by atoms with Gasteiger partial charge in [-0.05, 0) is 23.9 Å². The van der Waals surface area contributed by atoms with Crippen LogP contribution in [-0.2, 0) is 4.79 Å². The van der Waals surface area contributed by atoms with Gasteiger partial charge >= 0.3 is 0 Å². The first-order valence-electron chi connectivity index (χ1n) is 8.21. The maximum atomic E-state index is 12.7. The SMILES string of the molecule is C[C@H](C(=O)N1CCN([C@@H](C#N)c2ccccc2)CC1)c1cccs1. The van der Waals surface area contributed by atoms with Gasteiger partial charge in [-0.1, -0.05) is 36.4 Å².